The number of carboxylic acids is 1. The molecule has 9 N–H and O–H groups in total. The summed E-state index contributed by atoms with van der Waals surface area (Å²) in [7, 11) is 0. The van der Waals surface area contributed by atoms with Gasteiger partial charge in [-0.1, -0.05) is 50.6 Å². The largest absolute Gasteiger partial charge is 0.480 e. The Balaban J connectivity index is 2.27. The van der Waals surface area contributed by atoms with Crippen molar-refractivity contribution in [2.24, 2.45) is 17.4 Å². The van der Waals surface area contributed by atoms with Gasteiger partial charge >= 0.3 is 5.97 Å². The van der Waals surface area contributed by atoms with Gasteiger partial charge in [0.2, 0.25) is 23.6 Å². The molecule has 13 heteroatoms. The highest BCUT2D eigenvalue weighted by atomic mass is 16.4. The molecule has 0 bridgehead atoms. The van der Waals surface area contributed by atoms with Crippen LogP contribution in [0.25, 0.3) is 0 Å². The van der Waals surface area contributed by atoms with Crippen molar-refractivity contribution in [2.75, 3.05) is 0 Å². The van der Waals surface area contributed by atoms with Crippen molar-refractivity contribution in [3.8, 4) is 0 Å². The molecule has 2 rings (SSSR count). The van der Waals surface area contributed by atoms with Crippen LogP contribution in [0.2, 0.25) is 0 Å². The summed E-state index contributed by atoms with van der Waals surface area (Å²) in [5, 5.41) is 17.4. The van der Waals surface area contributed by atoms with Gasteiger partial charge in [0, 0.05) is 31.2 Å². The van der Waals surface area contributed by atoms with E-state index >= 15 is 0 Å². The Morgan fingerprint density at radius 1 is 0.974 bits per heavy atom. The molecule has 5 unspecified atom stereocenters. The summed E-state index contributed by atoms with van der Waals surface area (Å²) in [6.07, 6.45) is 3.38. The molecule has 0 saturated heterocycles. The van der Waals surface area contributed by atoms with Crippen LogP contribution < -0.4 is 27.4 Å². The zero-order valence-electron chi connectivity index (χ0n) is 22.1. The van der Waals surface area contributed by atoms with E-state index in [2.05, 4.69) is 25.9 Å². The molecule has 1 heterocycles. The number of primary amides is 1. The van der Waals surface area contributed by atoms with Gasteiger partial charge in [-0.3, -0.25) is 19.2 Å². The third kappa shape index (κ3) is 10.2. The minimum absolute atomic E-state index is 0.00437. The third-order valence-electron chi connectivity index (χ3n) is 6.34. The lowest BCUT2D eigenvalue weighted by atomic mass is 9.98. The molecular formula is C26H37N7O6. The van der Waals surface area contributed by atoms with E-state index in [1.54, 1.807) is 37.3 Å². The minimum atomic E-state index is -1.18. The van der Waals surface area contributed by atoms with Crippen molar-refractivity contribution < 1.29 is 29.1 Å². The van der Waals surface area contributed by atoms with E-state index in [1.807, 2.05) is 6.92 Å². The van der Waals surface area contributed by atoms with Crippen molar-refractivity contribution in [1.29, 1.82) is 0 Å². The third-order valence-corrected chi connectivity index (χ3v) is 6.34. The first-order valence-corrected chi connectivity index (χ1v) is 12.7. The number of hydrogen-bond donors (Lipinski definition) is 7. The Bertz CT molecular complexity index is 1110. The standard InChI is InChI=1S/C26H37N7O6/c1-3-15(2)22(26(38)39)33-25(37)19(11-16-7-5-4-6-8-16)32-24(36)20(12-17-13-29-14-30-17)31-23(35)18(27)9-10-21(28)34/h4-8,13-15,18-20,22H,3,9-12,27H2,1-2H3,(H2,28,34)(H,29,30)(H,31,35)(H,32,36)(H,33,37)(H,38,39). The Labute approximate surface area is 226 Å². The second-order valence-corrected chi connectivity index (χ2v) is 9.41. The van der Waals surface area contributed by atoms with E-state index < -0.39 is 53.8 Å². The summed E-state index contributed by atoms with van der Waals surface area (Å²) in [5.74, 6) is -4.19. The first-order chi connectivity index (χ1) is 18.5. The fourth-order valence-electron chi connectivity index (χ4n) is 3.80. The molecular weight excluding hydrogens is 506 g/mol. The summed E-state index contributed by atoms with van der Waals surface area (Å²) in [6.45, 7) is 3.52. The second-order valence-electron chi connectivity index (χ2n) is 9.41. The molecule has 0 radical (unpaired) electrons. The zero-order valence-corrected chi connectivity index (χ0v) is 22.1. The van der Waals surface area contributed by atoms with E-state index in [4.69, 9.17) is 11.5 Å². The summed E-state index contributed by atoms with van der Waals surface area (Å²) in [4.78, 5) is 69.1. The molecule has 0 saturated carbocycles. The monoisotopic (exact) mass is 543 g/mol. The molecule has 5 atom stereocenters. The number of aromatic amines is 1. The number of rotatable bonds is 16. The first-order valence-electron chi connectivity index (χ1n) is 12.7. The van der Waals surface area contributed by atoms with Crippen molar-refractivity contribution in [1.82, 2.24) is 25.9 Å². The maximum atomic E-state index is 13.4. The molecule has 13 nitrogen and oxygen atoms in total. The quantitative estimate of drug-likeness (QED) is 0.144. The number of hydrogen-bond acceptors (Lipinski definition) is 7. The van der Waals surface area contributed by atoms with E-state index in [-0.39, 0.29) is 31.6 Å². The molecule has 212 valence electrons. The number of amides is 4. The first kappa shape index (κ1) is 31.0. The van der Waals surface area contributed by atoms with Gasteiger partial charge in [0.25, 0.3) is 0 Å². The zero-order chi connectivity index (χ0) is 28.9. The number of benzene rings is 1. The summed E-state index contributed by atoms with van der Waals surface area (Å²) >= 11 is 0. The average Bonchev–Trinajstić information content (AvgIpc) is 3.42. The number of carboxylic acid groups (broad SMARTS) is 1. The number of imidazole rings is 1. The lowest BCUT2D eigenvalue weighted by molar-refractivity contribution is -0.143. The summed E-state index contributed by atoms with van der Waals surface area (Å²) < 4.78 is 0. The van der Waals surface area contributed by atoms with Crippen LogP contribution in [-0.2, 0) is 36.8 Å². The Kier molecular flexibility index (Phi) is 12.1. The van der Waals surface area contributed by atoms with Gasteiger partial charge in [0.05, 0.1) is 12.4 Å². The molecule has 1 aromatic heterocycles. The molecule has 0 spiro atoms. The Morgan fingerprint density at radius 3 is 2.15 bits per heavy atom. The van der Waals surface area contributed by atoms with E-state index in [1.165, 1.54) is 12.5 Å². The maximum Gasteiger partial charge on any atom is 0.326 e. The normalized spacial score (nSPS) is 14.7. The molecule has 0 aliphatic rings. The van der Waals surface area contributed by atoms with E-state index in [0.717, 1.165) is 5.56 Å². The Morgan fingerprint density at radius 2 is 1.59 bits per heavy atom. The predicted molar refractivity (Wildman–Crippen MR) is 142 cm³/mol. The smallest absolute Gasteiger partial charge is 0.326 e. The molecule has 39 heavy (non-hydrogen) atoms. The van der Waals surface area contributed by atoms with Crippen LogP contribution in [0.5, 0.6) is 0 Å². The van der Waals surface area contributed by atoms with Gasteiger partial charge in [0.15, 0.2) is 0 Å². The SMILES string of the molecule is CCC(C)C(NC(=O)C(Cc1ccccc1)NC(=O)C(Cc1cnc[nH]1)NC(=O)C(N)CCC(N)=O)C(=O)O. The van der Waals surface area contributed by atoms with Crippen molar-refractivity contribution in [2.45, 2.75) is 70.1 Å². The van der Waals surface area contributed by atoms with E-state index in [9.17, 15) is 29.1 Å². The van der Waals surface area contributed by atoms with Crippen LogP contribution in [0.15, 0.2) is 42.9 Å². The highest BCUT2D eigenvalue weighted by molar-refractivity contribution is 5.94. The van der Waals surface area contributed by atoms with Crippen molar-refractivity contribution >= 4 is 29.6 Å². The highest BCUT2D eigenvalue weighted by Crippen LogP contribution is 2.11. The van der Waals surface area contributed by atoms with Gasteiger partial charge in [-0.05, 0) is 17.9 Å². The fourth-order valence-corrected chi connectivity index (χ4v) is 3.80. The molecule has 2 aromatic rings. The van der Waals surface area contributed by atoms with Gasteiger partial charge in [-0.25, -0.2) is 9.78 Å². The number of H-pyrrole nitrogens is 1. The van der Waals surface area contributed by atoms with E-state index in [0.29, 0.717) is 12.1 Å². The van der Waals surface area contributed by atoms with Crippen LogP contribution in [-0.4, -0.2) is 68.8 Å². The predicted octanol–water partition coefficient (Wildman–Crippen LogP) is -0.627. The van der Waals surface area contributed by atoms with Crippen molar-refractivity contribution in [3.63, 3.8) is 0 Å². The fraction of sp³-hybridized carbons (Fsp3) is 0.462. The number of aromatic nitrogens is 2. The van der Waals surface area contributed by atoms with Crippen LogP contribution in [0.1, 0.15) is 44.4 Å². The van der Waals surface area contributed by atoms with Gasteiger partial charge in [-0.2, -0.15) is 0 Å². The second kappa shape index (κ2) is 15.2. The number of nitrogens with zero attached hydrogens (tertiary/aromatic N) is 1. The highest BCUT2D eigenvalue weighted by Gasteiger charge is 2.32. The van der Waals surface area contributed by atoms with Gasteiger partial charge in [0.1, 0.15) is 18.1 Å². The van der Waals surface area contributed by atoms with Crippen LogP contribution in [0, 0.1) is 5.92 Å². The van der Waals surface area contributed by atoms with Crippen molar-refractivity contribution in [3.05, 3.63) is 54.1 Å². The number of carbonyl (C=O) groups excluding carboxylic acids is 4. The molecule has 0 aliphatic carbocycles. The number of aliphatic carboxylic acids is 1. The lowest BCUT2D eigenvalue weighted by Gasteiger charge is -2.26. The summed E-state index contributed by atoms with van der Waals surface area (Å²) in [6, 6.07) is 4.36. The number of nitrogens with two attached hydrogens (primary N) is 2. The molecule has 0 aliphatic heterocycles. The topological polar surface area (TPSA) is 222 Å². The molecule has 4 amide bonds. The maximum absolute atomic E-state index is 13.4. The average molecular weight is 544 g/mol. The van der Waals surface area contributed by atoms with Crippen LogP contribution in [0.3, 0.4) is 0 Å². The van der Waals surface area contributed by atoms with Gasteiger partial charge in [-0.15, -0.1) is 0 Å². The number of nitrogens with one attached hydrogen (secondary N) is 4. The lowest BCUT2D eigenvalue weighted by Crippen LogP contribution is -2.58. The van der Waals surface area contributed by atoms with Crippen LogP contribution >= 0.6 is 0 Å². The van der Waals surface area contributed by atoms with Gasteiger partial charge < -0.3 is 37.5 Å². The molecule has 1 aromatic carbocycles. The molecule has 0 fully saturated rings. The Hall–Kier alpha value is -4.26. The van der Waals surface area contributed by atoms with Crippen LogP contribution in [0.4, 0.5) is 0 Å². The number of carbonyl (C=O) groups is 5. The summed E-state index contributed by atoms with van der Waals surface area (Å²) in [5.41, 5.74) is 12.3. The minimum Gasteiger partial charge on any atom is -0.480 e.